The van der Waals surface area contributed by atoms with Crippen LogP contribution in [0, 0.1) is 5.92 Å². The third-order valence-corrected chi connectivity index (χ3v) is 3.19. The van der Waals surface area contributed by atoms with Gasteiger partial charge in [0.1, 0.15) is 5.75 Å². The molecule has 4 nitrogen and oxygen atoms in total. The predicted octanol–water partition coefficient (Wildman–Crippen LogP) is 2.03. The number of rotatable bonds is 7. The molecule has 1 amide bonds. The van der Waals surface area contributed by atoms with Crippen molar-refractivity contribution in [2.75, 3.05) is 20.7 Å². The van der Waals surface area contributed by atoms with Crippen LogP contribution in [0.25, 0.3) is 0 Å². The lowest BCUT2D eigenvalue weighted by Gasteiger charge is -2.21. The van der Waals surface area contributed by atoms with E-state index < -0.39 is 0 Å². The van der Waals surface area contributed by atoms with E-state index in [1.54, 1.807) is 12.0 Å². The van der Waals surface area contributed by atoms with Crippen molar-refractivity contribution in [3.8, 4) is 5.75 Å². The van der Waals surface area contributed by atoms with Crippen molar-refractivity contribution in [2.45, 2.75) is 26.3 Å². The number of carbonyl (C=O) groups is 1. The lowest BCUT2D eigenvalue weighted by atomic mass is 10.0. The second-order valence-electron chi connectivity index (χ2n) is 4.88. The summed E-state index contributed by atoms with van der Waals surface area (Å²) in [5.41, 5.74) is 6.54. The Kier molecular flexibility index (Phi) is 6.36. The molecule has 0 saturated heterocycles. The first-order chi connectivity index (χ1) is 9.08. The van der Waals surface area contributed by atoms with Crippen molar-refractivity contribution in [3.63, 3.8) is 0 Å². The Hall–Kier alpha value is -1.55. The van der Waals surface area contributed by atoms with Crippen LogP contribution in [0.15, 0.2) is 24.3 Å². The van der Waals surface area contributed by atoms with E-state index in [1.165, 1.54) is 0 Å². The fourth-order valence-electron chi connectivity index (χ4n) is 2.05. The first-order valence-electron chi connectivity index (χ1n) is 6.66. The summed E-state index contributed by atoms with van der Waals surface area (Å²) >= 11 is 0. The van der Waals surface area contributed by atoms with Crippen molar-refractivity contribution in [1.29, 1.82) is 0 Å². The highest BCUT2D eigenvalue weighted by Gasteiger charge is 2.17. The molecule has 0 fully saturated rings. The van der Waals surface area contributed by atoms with Gasteiger partial charge in [0.25, 0.3) is 0 Å². The largest absolute Gasteiger partial charge is 0.497 e. The maximum atomic E-state index is 12.2. The van der Waals surface area contributed by atoms with E-state index in [4.69, 9.17) is 10.5 Å². The second-order valence-corrected chi connectivity index (χ2v) is 4.88. The summed E-state index contributed by atoms with van der Waals surface area (Å²) < 4.78 is 5.18. The fourth-order valence-corrected chi connectivity index (χ4v) is 2.05. The first-order valence-corrected chi connectivity index (χ1v) is 6.66. The molecule has 2 N–H and O–H groups in total. The molecule has 0 aliphatic rings. The molecule has 0 aliphatic carbocycles. The summed E-state index contributed by atoms with van der Waals surface area (Å²) in [6.07, 6.45) is 1.73. The van der Waals surface area contributed by atoms with E-state index in [0.29, 0.717) is 13.1 Å². The Morgan fingerprint density at radius 1 is 1.47 bits per heavy atom. The number of carbonyl (C=O) groups excluding carboxylic acids is 1. The molecule has 0 saturated carbocycles. The highest BCUT2D eigenvalue weighted by Crippen LogP contribution is 2.15. The van der Waals surface area contributed by atoms with Crippen LogP contribution >= 0.6 is 0 Å². The normalized spacial score (nSPS) is 12.0. The van der Waals surface area contributed by atoms with Gasteiger partial charge in [-0.15, -0.1) is 0 Å². The van der Waals surface area contributed by atoms with Crippen LogP contribution in [0.2, 0.25) is 0 Å². The number of nitrogens with two attached hydrogens (primary N) is 1. The molecule has 1 aromatic rings. The zero-order chi connectivity index (χ0) is 14.3. The maximum Gasteiger partial charge on any atom is 0.225 e. The zero-order valence-electron chi connectivity index (χ0n) is 12.1. The molecule has 0 spiro atoms. The Balaban J connectivity index is 2.57. The number of benzene rings is 1. The van der Waals surface area contributed by atoms with Crippen LogP contribution in [0.3, 0.4) is 0 Å². The van der Waals surface area contributed by atoms with Gasteiger partial charge >= 0.3 is 0 Å². The van der Waals surface area contributed by atoms with Crippen molar-refractivity contribution in [2.24, 2.45) is 11.7 Å². The van der Waals surface area contributed by atoms with E-state index in [-0.39, 0.29) is 11.8 Å². The molecule has 1 atom stereocenters. The lowest BCUT2D eigenvalue weighted by molar-refractivity contribution is -0.134. The van der Waals surface area contributed by atoms with Gasteiger partial charge in [0.2, 0.25) is 5.91 Å². The van der Waals surface area contributed by atoms with Gasteiger partial charge in [0.05, 0.1) is 7.11 Å². The van der Waals surface area contributed by atoms with Crippen molar-refractivity contribution >= 4 is 5.91 Å². The average Bonchev–Trinajstić information content (AvgIpc) is 2.43. The minimum atomic E-state index is 0.0270. The van der Waals surface area contributed by atoms with Gasteiger partial charge in [0.15, 0.2) is 0 Å². The average molecular weight is 264 g/mol. The van der Waals surface area contributed by atoms with E-state index >= 15 is 0 Å². The summed E-state index contributed by atoms with van der Waals surface area (Å²) in [4.78, 5) is 13.9. The van der Waals surface area contributed by atoms with E-state index in [0.717, 1.165) is 24.2 Å². The molecule has 0 radical (unpaired) electrons. The highest BCUT2D eigenvalue weighted by molar-refractivity contribution is 5.78. The second kappa shape index (κ2) is 7.79. The Morgan fingerprint density at radius 2 is 2.21 bits per heavy atom. The number of hydrogen-bond acceptors (Lipinski definition) is 3. The summed E-state index contributed by atoms with van der Waals surface area (Å²) in [7, 11) is 3.48. The lowest BCUT2D eigenvalue weighted by Crippen LogP contribution is -2.31. The Morgan fingerprint density at radius 3 is 2.84 bits per heavy atom. The topological polar surface area (TPSA) is 55.6 Å². The molecule has 1 aromatic carbocycles. The van der Waals surface area contributed by atoms with Gasteiger partial charge in [-0.3, -0.25) is 4.79 Å². The monoisotopic (exact) mass is 264 g/mol. The maximum absolute atomic E-state index is 12.2. The van der Waals surface area contributed by atoms with Crippen LogP contribution in [0.1, 0.15) is 25.3 Å². The standard InChI is InChI=1S/C15H24N2O2/c1-12(6-5-9-16)15(18)17(2)11-13-7-4-8-14(10-13)19-3/h4,7-8,10,12H,5-6,9,11,16H2,1-3H3. The summed E-state index contributed by atoms with van der Waals surface area (Å²) in [6.45, 7) is 3.19. The molecule has 1 unspecified atom stereocenters. The quantitative estimate of drug-likeness (QED) is 0.820. The zero-order valence-corrected chi connectivity index (χ0v) is 12.1. The van der Waals surface area contributed by atoms with Crippen LogP contribution in [0.4, 0.5) is 0 Å². The number of amides is 1. The minimum absolute atomic E-state index is 0.0270. The van der Waals surface area contributed by atoms with Crippen LogP contribution in [-0.4, -0.2) is 31.5 Å². The van der Waals surface area contributed by atoms with E-state index in [1.807, 2.05) is 38.2 Å². The van der Waals surface area contributed by atoms with E-state index in [2.05, 4.69) is 0 Å². The third-order valence-electron chi connectivity index (χ3n) is 3.19. The number of ether oxygens (including phenoxy) is 1. The molecule has 0 heterocycles. The molecule has 4 heteroatoms. The van der Waals surface area contributed by atoms with Gasteiger partial charge in [-0.25, -0.2) is 0 Å². The van der Waals surface area contributed by atoms with Crippen LogP contribution in [-0.2, 0) is 11.3 Å². The molecule has 0 aliphatic heterocycles. The Bertz CT molecular complexity index is 407. The molecular formula is C15H24N2O2. The highest BCUT2D eigenvalue weighted by atomic mass is 16.5. The van der Waals surface area contributed by atoms with Crippen LogP contribution < -0.4 is 10.5 Å². The fraction of sp³-hybridized carbons (Fsp3) is 0.533. The molecule has 0 aromatic heterocycles. The van der Waals surface area contributed by atoms with Gasteiger partial charge in [-0.05, 0) is 37.1 Å². The smallest absolute Gasteiger partial charge is 0.225 e. The first kappa shape index (κ1) is 15.5. The van der Waals surface area contributed by atoms with Crippen molar-refractivity contribution in [1.82, 2.24) is 4.90 Å². The van der Waals surface area contributed by atoms with Gasteiger partial charge in [-0.1, -0.05) is 19.1 Å². The molecule has 106 valence electrons. The van der Waals surface area contributed by atoms with E-state index in [9.17, 15) is 4.79 Å². The SMILES string of the molecule is COc1cccc(CN(C)C(=O)C(C)CCCN)c1. The number of hydrogen-bond donors (Lipinski definition) is 1. The number of nitrogens with zero attached hydrogens (tertiary/aromatic N) is 1. The minimum Gasteiger partial charge on any atom is -0.497 e. The van der Waals surface area contributed by atoms with Crippen LogP contribution in [0.5, 0.6) is 5.75 Å². The summed E-state index contributed by atoms with van der Waals surface area (Å²) in [5.74, 6) is 1.00. The van der Waals surface area contributed by atoms with Gasteiger partial charge < -0.3 is 15.4 Å². The molecular weight excluding hydrogens is 240 g/mol. The number of methoxy groups -OCH3 is 1. The molecule has 1 rings (SSSR count). The summed E-state index contributed by atoms with van der Waals surface area (Å²) in [6, 6.07) is 7.78. The van der Waals surface area contributed by atoms with Crippen molar-refractivity contribution in [3.05, 3.63) is 29.8 Å². The van der Waals surface area contributed by atoms with Crippen molar-refractivity contribution < 1.29 is 9.53 Å². The summed E-state index contributed by atoms with van der Waals surface area (Å²) in [5, 5.41) is 0. The van der Waals surface area contributed by atoms with Gasteiger partial charge in [0, 0.05) is 19.5 Å². The molecule has 0 bridgehead atoms. The van der Waals surface area contributed by atoms with Gasteiger partial charge in [-0.2, -0.15) is 0 Å². The predicted molar refractivity (Wildman–Crippen MR) is 76.9 cm³/mol. The molecule has 19 heavy (non-hydrogen) atoms. The Labute approximate surface area is 115 Å². The third kappa shape index (κ3) is 4.91.